The van der Waals surface area contributed by atoms with E-state index in [1.54, 1.807) is 0 Å². The highest BCUT2D eigenvalue weighted by Gasteiger charge is 2.37. The molecule has 5 heteroatoms. The number of hydrogen-bond donors (Lipinski definition) is 3. The first-order valence-corrected chi connectivity index (χ1v) is 8.87. The third-order valence-corrected chi connectivity index (χ3v) is 4.30. The van der Waals surface area contributed by atoms with Gasteiger partial charge in [0.05, 0.1) is 0 Å². The van der Waals surface area contributed by atoms with E-state index in [0.717, 1.165) is 30.9 Å². The molecule has 1 aliphatic rings. The van der Waals surface area contributed by atoms with Crippen LogP contribution in [0.15, 0.2) is 0 Å². The lowest BCUT2D eigenvalue weighted by atomic mass is 9.80. The average Bonchev–Trinajstić information content (AvgIpc) is 2.19. The summed E-state index contributed by atoms with van der Waals surface area (Å²) in [5.41, 5.74) is 0.321. The van der Waals surface area contributed by atoms with Crippen LogP contribution < -0.4 is 16.0 Å². The fraction of sp³-hybridized carbons (Fsp3) is 0.929. The van der Waals surface area contributed by atoms with Crippen molar-refractivity contribution in [3.05, 3.63) is 0 Å². The number of thioether (sulfide) groups is 1. The van der Waals surface area contributed by atoms with Crippen LogP contribution in [0.4, 0.5) is 0 Å². The van der Waals surface area contributed by atoms with Gasteiger partial charge in [-0.1, -0.05) is 0 Å². The van der Waals surface area contributed by atoms with Crippen LogP contribution in [0.1, 0.15) is 47.0 Å². The predicted molar refractivity (Wildman–Crippen MR) is 91.1 cm³/mol. The molecular formula is C14H29N3S2. The van der Waals surface area contributed by atoms with Crippen LogP contribution in [0.25, 0.3) is 0 Å². The second kappa shape index (κ2) is 7.14. The van der Waals surface area contributed by atoms with Gasteiger partial charge in [-0.2, -0.15) is 11.8 Å². The molecule has 1 aliphatic heterocycles. The molecule has 0 saturated carbocycles. The molecule has 0 aromatic carbocycles. The van der Waals surface area contributed by atoms with Gasteiger partial charge in [-0.25, -0.2) is 0 Å². The molecule has 1 saturated heterocycles. The summed E-state index contributed by atoms with van der Waals surface area (Å²) >= 11 is 7.26. The lowest BCUT2D eigenvalue weighted by molar-refractivity contribution is 0.155. The van der Waals surface area contributed by atoms with E-state index >= 15 is 0 Å². The fourth-order valence-corrected chi connectivity index (χ4v) is 3.78. The monoisotopic (exact) mass is 303 g/mol. The molecule has 0 bridgehead atoms. The standard InChI is InChI=1S/C14H29N3S2/c1-13(2)9-11(10-14(3,4)17-13)16-12(18)15-7-6-8-19-5/h11,17H,6-10H2,1-5H3,(H2,15,16,18). The Morgan fingerprint density at radius 1 is 1.26 bits per heavy atom. The van der Waals surface area contributed by atoms with Gasteiger partial charge in [0, 0.05) is 23.7 Å². The van der Waals surface area contributed by atoms with Crippen molar-refractivity contribution in [2.24, 2.45) is 0 Å². The molecule has 0 aromatic heterocycles. The Kier molecular flexibility index (Phi) is 6.40. The summed E-state index contributed by atoms with van der Waals surface area (Å²) in [6.45, 7) is 10.0. The van der Waals surface area contributed by atoms with Crippen molar-refractivity contribution < 1.29 is 0 Å². The van der Waals surface area contributed by atoms with Gasteiger partial charge in [-0.15, -0.1) is 0 Å². The minimum Gasteiger partial charge on any atom is -0.363 e. The molecule has 1 heterocycles. The van der Waals surface area contributed by atoms with E-state index in [1.165, 1.54) is 5.75 Å². The molecule has 112 valence electrons. The molecule has 1 rings (SSSR count). The van der Waals surface area contributed by atoms with E-state index in [9.17, 15) is 0 Å². The zero-order valence-electron chi connectivity index (χ0n) is 12.9. The second-order valence-electron chi connectivity index (χ2n) is 6.74. The van der Waals surface area contributed by atoms with Gasteiger partial charge in [0.25, 0.3) is 0 Å². The van der Waals surface area contributed by atoms with Crippen molar-refractivity contribution in [1.29, 1.82) is 0 Å². The third kappa shape index (κ3) is 6.82. The van der Waals surface area contributed by atoms with Crippen LogP contribution in [0.2, 0.25) is 0 Å². The summed E-state index contributed by atoms with van der Waals surface area (Å²) in [6, 6.07) is 0.451. The molecule has 0 aliphatic carbocycles. The predicted octanol–water partition coefficient (Wildman–Crippen LogP) is 2.51. The number of thiocarbonyl (C=S) groups is 1. The minimum absolute atomic E-state index is 0.161. The Balaban J connectivity index is 2.37. The lowest BCUT2D eigenvalue weighted by Crippen LogP contribution is -2.62. The first-order valence-electron chi connectivity index (χ1n) is 7.07. The molecule has 0 amide bonds. The topological polar surface area (TPSA) is 36.1 Å². The first-order chi connectivity index (χ1) is 8.74. The van der Waals surface area contributed by atoms with E-state index in [2.05, 4.69) is 49.9 Å². The molecule has 0 unspecified atom stereocenters. The van der Waals surface area contributed by atoms with Gasteiger partial charge >= 0.3 is 0 Å². The summed E-state index contributed by atoms with van der Waals surface area (Å²) in [6.07, 6.45) is 5.49. The molecule has 3 nitrogen and oxygen atoms in total. The maximum absolute atomic E-state index is 5.38. The van der Waals surface area contributed by atoms with Crippen molar-refractivity contribution in [2.75, 3.05) is 18.6 Å². The normalized spacial score (nSPS) is 21.9. The van der Waals surface area contributed by atoms with E-state index in [0.29, 0.717) is 6.04 Å². The Morgan fingerprint density at radius 2 is 1.84 bits per heavy atom. The zero-order valence-corrected chi connectivity index (χ0v) is 14.6. The zero-order chi connectivity index (χ0) is 14.5. The summed E-state index contributed by atoms with van der Waals surface area (Å²) in [7, 11) is 0. The van der Waals surface area contributed by atoms with E-state index in [4.69, 9.17) is 12.2 Å². The van der Waals surface area contributed by atoms with Crippen molar-refractivity contribution in [3.63, 3.8) is 0 Å². The fourth-order valence-electron chi connectivity index (χ4n) is 3.08. The number of piperidine rings is 1. The van der Waals surface area contributed by atoms with E-state index in [-0.39, 0.29) is 11.1 Å². The molecule has 0 atom stereocenters. The number of nitrogens with one attached hydrogen (secondary N) is 3. The van der Waals surface area contributed by atoms with Crippen molar-refractivity contribution in [1.82, 2.24) is 16.0 Å². The van der Waals surface area contributed by atoms with Crippen LogP contribution in [0.3, 0.4) is 0 Å². The van der Waals surface area contributed by atoms with Crippen LogP contribution in [0, 0.1) is 0 Å². The Hall–Kier alpha value is -0.0000000000000000486. The molecule has 0 spiro atoms. The summed E-state index contributed by atoms with van der Waals surface area (Å²) in [4.78, 5) is 0. The second-order valence-corrected chi connectivity index (χ2v) is 8.14. The van der Waals surface area contributed by atoms with Gasteiger partial charge in [0.2, 0.25) is 0 Å². The van der Waals surface area contributed by atoms with Crippen LogP contribution in [-0.2, 0) is 0 Å². The number of hydrogen-bond acceptors (Lipinski definition) is 3. The smallest absolute Gasteiger partial charge is 0.166 e. The minimum atomic E-state index is 0.161. The van der Waals surface area contributed by atoms with Crippen molar-refractivity contribution in [2.45, 2.75) is 64.1 Å². The van der Waals surface area contributed by atoms with Gasteiger partial charge in [0.15, 0.2) is 5.11 Å². The molecule has 0 radical (unpaired) electrons. The van der Waals surface area contributed by atoms with Crippen LogP contribution in [-0.4, -0.2) is 40.8 Å². The average molecular weight is 304 g/mol. The van der Waals surface area contributed by atoms with Crippen molar-refractivity contribution in [3.8, 4) is 0 Å². The quantitative estimate of drug-likeness (QED) is 0.537. The van der Waals surface area contributed by atoms with E-state index in [1.807, 2.05) is 11.8 Å². The van der Waals surface area contributed by atoms with Crippen LogP contribution >= 0.6 is 24.0 Å². The third-order valence-electron chi connectivity index (χ3n) is 3.34. The molecule has 19 heavy (non-hydrogen) atoms. The van der Waals surface area contributed by atoms with E-state index < -0.39 is 0 Å². The summed E-state index contributed by atoms with van der Waals surface area (Å²) in [5.74, 6) is 1.18. The maximum Gasteiger partial charge on any atom is 0.166 e. The SMILES string of the molecule is CSCCCNC(=S)NC1CC(C)(C)NC(C)(C)C1. The van der Waals surface area contributed by atoms with Crippen molar-refractivity contribution >= 4 is 29.1 Å². The summed E-state index contributed by atoms with van der Waals surface area (Å²) < 4.78 is 0. The number of rotatable bonds is 5. The molecule has 1 fully saturated rings. The maximum atomic E-state index is 5.38. The molecule has 3 N–H and O–H groups in total. The van der Waals surface area contributed by atoms with Crippen LogP contribution in [0.5, 0.6) is 0 Å². The highest BCUT2D eigenvalue weighted by Crippen LogP contribution is 2.28. The molecule has 0 aromatic rings. The highest BCUT2D eigenvalue weighted by molar-refractivity contribution is 7.98. The van der Waals surface area contributed by atoms with Gasteiger partial charge in [-0.3, -0.25) is 0 Å². The molecular weight excluding hydrogens is 274 g/mol. The largest absolute Gasteiger partial charge is 0.363 e. The van der Waals surface area contributed by atoms with Gasteiger partial charge in [0.1, 0.15) is 0 Å². The Labute approximate surface area is 128 Å². The highest BCUT2D eigenvalue weighted by atomic mass is 32.2. The van der Waals surface area contributed by atoms with Gasteiger partial charge in [-0.05, 0) is 71.2 Å². The Morgan fingerprint density at radius 3 is 2.37 bits per heavy atom. The Bertz CT molecular complexity index is 287. The first kappa shape index (κ1) is 17.1. The summed E-state index contributed by atoms with van der Waals surface area (Å²) in [5, 5.41) is 11.3. The van der Waals surface area contributed by atoms with Gasteiger partial charge < -0.3 is 16.0 Å². The lowest BCUT2D eigenvalue weighted by Gasteiger charge is -2.46.